The van der Waals surface area contributed by atoms with Gasteiger partial charge >= 0.3 is 5.97 Å². The molecule has 1 fully saturated rings. The Kier molecular flexibility index (Phi) is 4.57. The van der Waals surface area contributed by atoms with E-state index in [4.69, 9.17) is 9.15 Å². The molecule has 2 aromatic rings. The van der Waals surface area contributed by atoms with Crippen LogP contribution in [0.25, 0.3) is 11.0 Å². The third-order valence-corrected chi connectivity index (χ3v) is 4.59. The minimum atomic E-state index is -0.923. The number of carboxylic acid groups (broad SMARTS) is 1. The Labute approximate surface area is 139 Å². The molecule has 0 saturated carbocycles. The van der Waals surface area contributed by atoms with Crippen molar-refractivity contribution in [2.24, 2.45) is 0 Å². The summed E-state index contributed by atoms with van der Waals surface area (Å²) in [4.78, 5) is 23.9. The number of hydrogen-bond donors (Lipinski definition) is 2. The number of carbonyl (C=O) groups is 2. The van der Waals surface area contributed by atoms with Gasteiger partial charge in [0.2, 0.25) is 5.91 Å². The van der Waals surface area contributed by atoms with Crippen LogP contribution < -0.4 is 5.32 Å². The monoisotopic (exact) mass is 331 g/mol. The largest absolute Gasteiger partial charge is 0.481 e. The van der Waals surface area contributed by atoms with Gasteiger partial charge < -0.3 is 19.6 Å². The average Bonchev–Trinajstić information content (AvgIpc) is 2.98. The third-order valence-electron chi connectivity index (χ3n) is 4.59. The van der Waals surface area contributed by atoms with Crippen LogP contribution in [0.2, 0.25) is 0 Å². The molecule has 1 aromatic carbocycles. The predicted octanol–water partition coefficient (Wildman–Crippen LogP) is 2.68. The fourth-order valence-electron chi connectivity index (χ4n) is 3.11. The molecule has 2 heterocycles. The van der Waals surface area contributed by atoms with Gasteiger partial charge in [-0.15, -0.1) is 0 Å². The van der Waals surface area contributed by atoms with E-state index in [9.17, 15) is 14.7 Å². The first kappa shape index (κ1) is 16.5. The van der Waals surface area contributed by atoms with E-state index >= 15 is 0 Å². The summed E-state index contributed by atoms with van der Waals surface area (Å²) >= 11 is 0. The summed E-state index contributed by atoms with van der Waals surface area (Å²) in [6, 6.07) is 9.43. The van der Waals surface area contributed by atoms with Crippen molar-refractivity contribution in [1.29, 1.82) is 0 Å². The van der Waals surface area contributed by atoms with Crippen molar-refractivity contribution in [3.8, 4) is 0 Å². The van der Waals surface area contributed by atoms with Gasteiger partial charge in [0, 0.05) is 18.6 Å². The summed E-state index contributed by atoms with van der Waals surface area (Å²) in [7, 11) is 0. The Morgan fingerprint density at radius 3 is 2.67 bits per heavy atom. The van der Waals surface area contributed by atoms with E-state index in [0.29, 0.717) is 31.8 Å². The predicted molar refractivity (Wildman–Crippen MR) is 87.8 cm³/mol. The van der Waals surface area contributed by atoms with Crippen LogP contribution in [0.5, 0.6) is 0 Å². The van der Waals surface area contributed by atoms with Crippen molar-refractivity contribution < 1.29 is 23.8 Å². The number of nitrogens with one attached hydrogen (secondary N) is 1. The molecule has 1 unspecified atom stereocenters. The molecular weight excluding hydrogens is 310 g/mol. The minimum absolute atomic E-state index is 0.102. The molecule has 128 valence electrons. The third kappa shape index (κ3) is 3.43. The van der Waals surface area contributed by atoms with E-state index < -0.39 is 17.4 Å². The van der Waals surface area contributed by atoms with Crippen LogP contribution in [0, 0.1) is 0 Å². The molecule has 6 nitrogen and oxygen atoms in total. The molecule has 3 rings (SSSR count). The van der Waals surface area contributed by atoms with Crippen LogP contribution in [-0.4, -0.2) is 35.7 Å². The van der Waals surface area contributed by atoms with Crippen molar-refractivity contribution >= 4 is 22.8 Å². The van der Waals surface area contributed by atoms with E-state index in [2.05, 4.69) is 5.32 Å². The van der Waals surface area contributed by atoms with Gasteiger partial charge in [-0.1, -0.05) is 18.2 Å². The summed E-state index contributed by atoms with van der Waals surface area (Å²) in [6.07, 6.45) is 0.894. The Morgan fingerprint density at radius 1 is 1.29 bits per heavy atom. The number of fused-ring (bicyclic) bond motifs is 1. The summed E-state index contributed by atoms with van der Waals surface area (Å²) in [6.45, 7) is 2.67. The van der Waals surface area contributed by atoms with E-state index in [0.717, 1.165) is 11.0 Å². The fraction of sp³-hybridized carbons (Fsp3) is 0.444. The van der Waals surface area contributed by atoms with Gasteiger partial charge in [0.05, 0.1) is 17.9 Å². The van der Waals surface area contributed by atoms with Gasteiger partial charge in [0.15, 0.2) is 0 Å². The molecule has 2 N–H and O–H groups in total. The van der Waals surface area contributed by atoms with Crippen molar-refractivity contribution in [3.05, 3.63) is 36.1 Å². The van der Waals surface area contributed by atoms with Crippen LogP contribution in [0.15, 0.2) is 34.7 Å². The normalized spacial score (nSPS) is 18.2. The maximum Gasteiger partial charge on any atom is 0.305 e. The van der Waals surface area contributed by atoms with Crippen LogP contribution in [0.3, 0.4) is 0 Å². The second-order valence-electron chi connectivity index (χ2n) is 6.36. The molecule has 1 saturated heterocycles. The Morgan fingerprint density at radius 2 is 2.00 bits per heavy atom. The topological polar surface area (TPSA) is 88.8 Å². The number of furan rings is 1. The van der Waals surface area contributed by atoms with E-state index in [-0.39, 0.29) is 12.3 Å². The molecular formula is C18H21NO5. The minimum Gasteiger partial charge on any atom is -0.481 e. The van der Waals surface area contributed by atoms with E-state index in [1.807, 2.05) is 30.3 Å². The van der Waals surface area contributed by atoms with Gasteiger partial charge in [-0.2, -0.15) is 0 Å². The zero-order valence-electron chi connectivity index (χ0n) is 13.6. The van der Waals surface area contributed by atoms with Gasteiger partial charge in [-0.05, 0) is 31.9 Å². The SMILES string of the molecule is CC(C(=O)NC1(CC(=O)O)CCOCC1)c1cc2ccccc2o1. The van der Waals surface area contributed by atoms with Crippen LogP contribution in [0.4, 0.5) is 0 Å². The first-order valence-corrected chi connectivity index (χ1v) is 8.09. The Bertz CT molecular complexity index is 712. The van der Waals surface area contributed by atoms with Crippen LogP contribution in [-0.2, 0) is 14.3 Å². The average molecular weight is 331 g/mol. The fourth-order valence-corrected chi connectivity index (χ4v) is 3.11. The van der Waals surface area contributed by atoms with Crippen LogP contribution >= 0.6 is 0 Å². The highest BCUT2D eigenvalue weighted by Crippen LogP contribution is 2.28. The second-order valence-corrected chi connectivity index (χ2v) is 6.36. The van der Waals surface area contributed by atoms with Gasteiger partial charge in [-0.25, -0.2) is 0 Å². The first-order valence-electron chi connectivity index (χ1n) is 8.09. The number of para-hydroxylation sites is 1. The first-order chi connectivity index (χ1) is 11.5. The maximum absolute atomic E-state index is 12.7. The smallest absolute Gasteiger partial charge is 0.305 e. The summed E-state index contributed by atoms with van der Waals surface area (Å²) in [5.41, 5.74) is -0.0139. The van der Waals surface area contributed by atoms with E-state index in [1.54, 1.807) is 6.92 Å². The van der Waals surface area contributed by atoms with Crippen molar-refractivity contribution in [3.63, 3.8) is 0 Å². The molecule has 1 aliphatic rings. The molecule has 0 radical (unpaired) electrons. The summed E-state index contributed by atoms with van der Waals surface area (Å²) < 4.78 is 11.1. The highest BCUT2D eigenvalue weighted by molar-refractivity contribution is 5.86. The molecule has 0 aliphatic carbocycles. The van der Waals surface area contributed by atoms with Crippen molar-refractivity contribution in [2.45, 2.75) is 37.6 Å². The van der Waals surface area contributed by atoms with Gasteiger partial charge in [0.1, 0.15) is 11.3 Å². The second kappa shape index (κ2) is 6.65. The highest BCUT2D eigenvalue weighted by atomic mass is 16.5. The lowest BCUT2D eigenvalue weighted by atomic mass is 9.86. The van der Waals surface area contributed by atoms with Crippen molar-refractivity contribution in [1.82, 2.24) is 5.32 Å². The number of ether oxygens (including phenoxy) is 1. The number of rotatable bonds is 5. The number of aliphatic carboxylic acids is 1. The number of carboxylic acids is 1. The summed E-state index contributed by atoms with van der Waals surface area (Å²) in [5, 5.41) is 13.1. The molecule has 0 bridgehead atoms. The van der Waals surface area contributed by atoms with E-state index in [1.165, 1.54) is 0 Å². The summed E-state index contributed by atoms with van der Waals surface area (Å²) in [5.74, 6) is -1.07. The molecule has 1 aromatic heterocycles. The lowest BCUT2D eigenvalue weighted by Crippen LogP contribution is -2.54. The highest BCUT2D eigenvalue weighted by Gasteiger charge is 2.37. The maximum atomic E-state index is 12.7. The number of amides is 1. The Hall–Kier alpha value is -2.34. The van der Waals surface area contributed by atoms with Crippen LogP contribution in [0.1, 0.15) is 37.9 Å². The lowest BCUT2D eigenvalue weighted by Gasteiger charge is -2.37. The zero-order valence-corrected chi connectivity index (χ0v) is 13.6. The standard InChI is InChI=1S/C18H21NO5/c1-12(15-10-13-4-2-3-5-14(13)24-15)17(22)19-18(11-16(20)21)6-8-23-9-7-18/h2-5,10,12H,6-9,11H2,1H3,(H,19,22)(H,20,21). The van der Waals surface area contributed by atoms with Gasteiger partial charge in [-0.3, -0.25) is 9.59 Å². The molecule has 0 spiro atoms. The Balaban J connectivity index is 1.77. The molecule has 24 heavy (non-hydrogen) atoms. The quantitative estimate of drug-likeness (QED) is 0.879. The lowest BCUT2D eigenvalue weighted by molar-refractivity contribution is -0.140. The zero-order chi connectivity index (χ0) is 17.2. The molecule has 1 amide bonds. The number of carbonyl (C=O) groups excluding carboxylic acids is 1. The van der Waals surface area contributed by atoms with Gasteiger partial charge in [0.25, 0.3) is 0 Å². The van der Waals surface area contributed by atoms with Crippen molar-refractivity contribution in [2.75, 3.05) is 13.2 Å². The molecule has 1 atom stereocenters. The number of benzene rings is 1. The molecule has 1 aliphatic heterocycles. The molecule has 6 heteroatoms. The number of hydrogen-bond acceptors (Lipinski definition) is 4.